The molecule has 15 heavy (non-hydrogen) atoms. The average Bonchev–Trinajstić information content (AvgIpc) is 2.14. The molecule has 4 nitrogen and oxygen atoms in total. The van der Waals surface area contributed by atoms with Gasteiger partial charge in [0.2, 0.25) is 0 Å². The van der Waals surface area contributed by atoms with Crippen LogP contribution in [-0.4, -0.2) is 55.0 Å². The SMILES string of the molecule is O=S(=O)(O)c1ccccc1OCCCl.[Na]. The van der Waals surface area contributed by atoms with Crippen molar-refractivity contribution < 1.29 is 17.7 Å². The van der Waals surface area contributed by atoms with Crippen LogP contribution in [0.25, 0.3) is 0 Å². The average molecular weight is 260 g/mol. The van der Waals surface area contributed by atoms with E-state index in [4.69, 9.17) is 20.9 Å². The van der Waals surface area contributed by atoms with E-state index in [1.54, 1.807) is 6.07 Å². The Kier molecular flexibility index (Phi) is 6.83. The van der Waals surface area contributed by atoms with Gasteiger partial charge in [0.05, 0.1) is 5.88 Å². The predicted molar refractivity (Wildman–Crippen MR) is 58.2 cm³/mol. The first-order chi connectivity index (χ1) is 6.55. The molecule has 1 rings (SSSR count). The zero-order valence-corrected chi connectivity index (χ0v) is 11.8. The van der Waals surface area contributed by atoms with Crippen molar-refractivity contribution in [2.45, 2.75) is 4.90 Å². The van der Waals surface area contributed by atoms with Gasteiger partial charge in [0.25, 0.3) is 10.1 Å². The van der Waals surface area contributed by atoms with Crippen LogP contribution in [0.1, 0.15) is 0 Å². The molecule has 1 radical (unpaired) electrons. The van der Waals surface area contributed by atoms with Crippen molar-refractivity contribution in [3.8, 4) is 5.75 Å². The smallest absolute Gasteiger partial charge is 0.298 e. The molecule has 0 heterocycles. The summed E-state index contributed by atoms with van der Waals surface area (Å²) in [7, 11) is -4.23. The third kappa shape index (κ3) is 4.72. The van der Waals surface area contributed by atoms with Crippen molar-refractivity contribution in [2.75, 3.05) is 12.5 Å². The maximum absolute atomic E-state index is 10.9. The van der Waals surface area contributed by atoms with Crippen LogP contribution in [-0.2, 0) is 10.1 Å². The van der Waals surface area contributed by atoms with E-state index in [1.807, 2.05) is 0 Å². The first kappa shape index (κ1) is 15.2. The van der Waals surface area contributed by atoms with Crippen LogP contribution in [0.4, 0.5) is 0 Å². The Morgan fingerprint density at radius 1 is 1.33 bits per heavy atom. The Bertz CT molecular complexity index is 407. The van der Waals surface area contributed by atoms with E-state index in [1.165, 1.54) is 18.2 Å². The van der Waals surface area contributed by atoms with E-state index in [9.17, 15) is 8.42 Å². The molecule has 0 aromatic heterocycles. The Hall–Kier alpha value is 0.220. The van der Waals surface area contributed by atoms with E-state index in [0.717, 1.165) is 0 Å². The number of hydrogen-bond acceptors (Lipinski definition) is 3. The van der Waals surface area contributed by atoms with Gasteiger partial charge in [-0.1, -0.05) is 12.1 Å². The summed E-state index contributed by atoms with van der Waals surface area (Å²) >= 11 is 5.38. The van der Waals surface area contributed by atoms with Crippen LogP contribution < -0.4 is 4.74 Å². The maximum Gasteiger partial charge on any atom is 0.298 e. The van der Waals surface area contributed by atoms with Gasteiger partial charge in [0, 0.05) is 29.6 Å². The summed E-state index contributed by atoms with van der Waals surface area (Å²) in [5, 5.41) is 0. The van der Waals surface area contributed by atoms with Crippen molar-refractivity contribution in [3.63, 3.8) is 0 Å². The number of benzene rings is 1. The molecule has 0 fully saturated rings. The molecule has 1 N–H and O–H groups in total. The molecule has 0 unspecified atom stereocenters. The molecule has 0 saturated carbocycles. The predicted octanol–water partition coefficient (Wildman–Crippen LogP) is 1.17. The Labute approximate surface area is 116 Å². The van der Waals surface area contributed by atoms with Crippen LogP contribution in [0.15, 0.2) is 29.2 Å². The van der Waals surface area contributed by atoms with E-state index >= 15 is 0 Å². The summed E-state index contributed by atoms with van der Waals surface area (Å²) in [5.74, 6) is 0.357. The number of ether oxygens (including phenoxy) is 1. The third-order valence-electron chi connectivity index (χ3n) is 1.46. The van der Waals surface area contributed by atoms with Crippen LogP contribution in [0.2, 0.25) is 0 Å². The second kappa shape index (κ2) is 6.73. The Morgan fingerprint density at radius 2 is 1.93 bits per heavy atom. The molecular weight excluding hydrogens is 251 g/mol. The Morgan fingerprint density at radius 3 is 2.47 bits per heavy atom. The van der Waals surface area contributed by atoms with Crippen molar-refractivity contribution in [1.29, 1.82) is 0 Å². The van der Waals surface area contributed by atoms with Gasteiger partial charge in [0.15, 0.2) is 0 Å². The maximum atomic E-state index is 10.9. The minimum absolute atomic E-state index is 0. The molecule has 0 aliphatic rings. The van der Waals surface area contributed by atoms with Crippen molar-refractivity contribution in [1.82, 2.24) is 0 Å². The topological polar surface area (TPSA) is 63.6 Å². The van der Waals surface area contributed by atoms with Gasteiger partial charge in [-0.25, -0.2) is 0 Å². The third-order valence-corrected chi connectivity index (χ3v) is 2.51. The number of hydrogen-bond donors (Lipinski definition) is 1. The summed E-state index contributed by atoms with van der Waals surface area (Å²) in [6, 6.07) is 5.82. The number of para-hydroxylation sites is 1. The molecule has 0 amide bonds. The van der Waals surface area contributed by atoms with Gasteiger partial charge >= 0.3 is 0 Å². The molecule has 1 aromatic rings. The standard InChI is InChI=1S/C8H9ClO4S.Na/c9-5-6-13-7-3-1-2-4-8(7)14(10,11)12;/h1-4H,5-6H2,(H,10,11,12);. The molecule has 0 aliphatic carbocycles. The first-order valence-electron chi connectivity index (χ1n) is 3.81. The molecule has 0 spiro atoms. The molecule has 0 aliphatic heterocycles. The molecule has 0 saturated heterocycles. The van der Waals surface area contributed by atoms with Crippen LogP contribution in [0.3, 0.4) is 0 Å². The molecular formula is C8H9ClNaO4S. The second-order valence-corrected chi connectivity index (χ2v) is 4.23. The quantitative estimate of drug-likeness (QED) is 0.501. The molecule has 7 heteroatoms. The fourth-order valence-electron chi connectivity index (χ4n) is 0.931. The normalized spacial score (nSPS) is 10.5. The van der Waals surface area contributed by atoms with Crippen LogP contribution in [0.5, 0.6) is 5.75 Å². The number of alkyl halides is 1. The minimum Gasteiger partial charge on any atom is -0.491 e. The van der Waals surface area contributed by atoms with E-state index in [-0.39, 0.29) is 52.7 Å². The van der Waals surface area contributed by atoms with Gasteiger partial charge in [-0.2, -0.15) is 8.42 Å². The van der Waals surface area contributed by atoms with Gasteiger partial charge in [0.1, 0.15) is 17.3 Å². The van der Waals surface area contributed by atoms with Crippen molar-refractivity contribution in [3.05, 3.63) is 24.3 Å². The zero-order chi connectivity index (χ0) is 10.6. The fraction of sp³-hybridized carbons (Fsp3) is 0.250. The molecule has 79 valence electrons. The van der Waals surface area contributed by atoms with Crippen molar-refractivity contribution >= 4 is 51.3 Å². The minimum atomic E-state index is -4.23. The van der Waals surface area contributed by atoms with Crippen LogP contribution >= 0.6 is 11.6 Å². The van der Waals surface area contributed by atoms with Crippen LogP contribution in [0, 0.1) is 0 Å². The number of halogens is 1. The van der Waals surface area contributed by atoms with Gasteiger partial charge in [-0.3, -0.25) is 4.55 Å². The Balaban J connectivity index is 0.00000196. The summed E-state index contributed by atoms with van der Waals surface area (Å²) in [4.78, 5) is -0.245. The van der Waals surface area contributed by atoms with E-state index in [0.29, 0.717) is 0 Å². The van der Waals surface area contributed by atoms with E-state index < -0.39 is 10.1 Å². The van der Waals surface area contributed by atoms with Gasteiger partial charge < -0.3 is 4.74 Å². The molecule has 1 aromatic carbocycles. The van der Waals surface area contributed by atoms with E-state index in [2.05, 4.69) is 0 Å². The molecule has 0 bridgehead atoms. The largest absolute Gasteiger partial charge is 0.491 e. The fourth-order valence-corrected chi connectivity index (χ4v) is 1.64. The van der Waals surface area contributed by atoms with Gasteiger partial charge in [-0.15, -0.1) is 11.6 Å². The van der Waals surface area contributed by atoms with Gasteiger partial charge in [-0.05, 0) is 12.1 Å². The summed E-state index contributed by atoms with van der Waals surface area (Å²) in [5.41, 5.74) is 0. The monoisotopic (exact) mass is 259 g/mol. The second-order valence-electron chi connectivity index (χ2n) is 2.46. The zero-order valence-electron chi connectivity index (χ0n) is 8.18. The summed E-state index contributed by atoms with van der Waals surface area (Å²) in [6.45, 7) is 0.189. The first-order valence-corrected chi connectivity index (χ1v) is 5.78. The number of rotatable bonds is 4. The van der Waals surface area contributed by atoms with Crippen molar-refractivity contribution in [2.24, 2.45) is 0 Å². The summed E-state index contributed by atoms with van der Waals surface area (Å²) in [6.07, 6.45) is 0. The summed E-state index contributed by atoms with van der Waals surface area (Å²) < 4.78 is 35.6. The molecule has 0 atom stereocenters.